The lowest BCUT2D eigenvalue weighted by Gasteiger charge is -2.59. The number of carbonyl (C=O) groups is 3. The summed E-state index contributed by atoms with van der Waals surface area (Å²) < 4.78 is 105. The van der Waals surface area contributed by atoms with Gasteiger partial charge in [0.25, 0.3) is 0 Å². The largest absolute Gasteiger partial charge is 0.691 e. The summed E-state index contributed by atoms with van der Waals surface area (Å²) in [6.07, 6.45) is 15.8. The van der Waals surface area contributed by atoms with Gasteiger partial charge in [-0.3, -0.25) is 15.1 Å². The summed E-state index contributed by atoms with van der Waals surface area (Å²) in [6.45, 7) is 6.16. The van der Waals surface area contributed by atoms with Crippen LogP contribution >= 0.6 is 36.1 Å². The van der Waals surface area contributed by atoms with Crippen LogP contribution in [0, 0.1) is 78.4 Å². The van der Waals surface area contributed by atoms with E-state index in [1.54, 1.807) is 0 Å². The fourth-order valence-electron chi connectivity index (χ4n) is 21.4. The van der Waals surface area contributed by atoms with Gasteiger partial charge in [-0.15, -0.1) is 0 Å². The Morgan fingerprint density at radius 3 is 0.712 bits per heavy atom. The summed E-state index contributed by atoms with van der Waals surface area (Å²) in [5.41, 5.74) is 1.48. The number of ether oxygens (including phenoxy) is 3. The van der Waals surface area contributed by atoms with Crippen LogP contribution in [0.25, 0.3) is 0 Å². The van der Waals surface area contributed by atoms with Crippen LogP contribution in [0.1, 0.15) is 132 Å². The maximum atomic E-state index is 13.3. The van der Waals surface area contributed by atoms with Crippen molar-refractivity contribution in [2.24, 2.45) is 57.7 Å². The van der Waals surface area contributed by atoms with E-state index in [0.717, 1.165) is 83.5 Å². The Morgan fingerprint density at radius 1 is 0.312 bits per heavy atom. The fraction of sp³-hybridized carbons (Fsp3) is 0.406. The van der Waals surface area contributed by atoms with E-state index in [9.17, 15) is 66.7 Å². The van der Waals surface area contributed by atoms with Crippen molar-refractivity contribution in [2.45, 2.75) is 207 Å². The summed E-state index contributed by atoms with van der Waals surface area (Å²) in [4.78, 5) is 46.6. The molecule has 0 radical (unpaired) electrons. The molecule has 29 heteroatoms. The number of rotatable bonds is 27. The van der Waals surface area contributed by atoms with Gasteiger partial charge in [-0.05, 0) is 287 Å². The minimum atomic E-state index is -4.01. The van der Waals surface area contributed by atoms with Crippen LogP contribution in [0.5, 0.6) is 0 Å². The zero-order chi connectivity index (χ0) is 88.5. The molecular formula is C96H102F6O17S6. The number of esters is 3. The molecular weight excluding hydrogens is 1730 g/mol. The molecule has 0 saturated heterocycles. The van der Waals surface area contributed by atoms with Crippen molar-refractivity contribution in [1.82, 2.24) is 0 Å². The number of aryl methyl sites for hydroxylation is 3. The number of halogens is 6. The van der Waals surface area contributed by atoms with Gasteiger partial charge in [0, 0.05) is 16.2 Å². The van der Waals surface area contributed by atoms with Gasteiger partial charge >= 0.3 is 33.7 Å². The highest BCUT2D eigenvalue weighted by atomic mass is 32.2. The van der Waals surface area contributed by atoms with Gasteiger partial charge in [-0.2, -0.15) is 39.3 Å². The second-order valence-electron chi connectivity index (χ2n) is 35.0. The summed E-state index contributed by atoms with van der Waals surface area (Å²) in [6, 6.07) is 91.1. The molecule has 0 heterocycles. The van der Waals surface area contributed by atoms with Crippen molar-refractivity contribution in [1.29, 1.82) is 0 Å². The van der Waals surface area contributed by atoms with Gasteiger partial charge in [0.2, 0.25) is 0 Å². The lowest BCUT2D eigenvalue weighted by atomic mass is 9.48. The Labute approximate surface area is 747 Å². The van der Waals surface area contributed by atoms with Crippen LogP contribution < -0.4 is 15.8 Å². The number of aliphatic hydroxyl groups is 2. The molecule has 0 aromatic heterocycles. The van der Waals surface area contributed by atoms with E-state index in [2.05, 4.69) is 304 Å². The number of hydrogen-bond acceptors (Lipinski definition) is 20. The number of alkyl halides is 6. The normalized spacial score (nSPS) is 25.6. The predicted molar refractivity (Wildman–Crippen MR) is 460 cm³/mol. The maximum Gasteiger partial charge on any atom is 0.415 e. The smallest absolute Gasteiger partial charge is 0.415 e. The molecule has 4 unspecified atom stereocenters. The van der Waals surface area contributed by atoms with Gasteiger partial charge < -0.3 is 40.2 Å². The van der Waals surface area contributed by atoms with Crippen molar-refractivity contribution < 1.29 is 109 Å². The third-order valence-electron chi connectivity index (χ3n) is 24.9. The lowest BCUT2D eigenvalue weighted by molar-refractivity contribution is -0.777. The van der Waals surface area contributed by atoms with E-state index in [1.165, 1.54) is 80.0 Å². The number of benzene rings is 9. The zero-order valence-corrected chi connectivity index (χ0v) is 74.3. The molecule has 9 aromatic carbocycles. The van der Waals surface area contributed by atoms with E-state index in [0.29, 0.717) is 54.3 Å². The molecule has 0 spiro atoms. The first-order valence-electron chi connectivity index (χ1n) is 41.7. The van der Waals surface area contributed by atoms with Gasteiger partial charge in [0.1, 0.15) is 36.1 Å². The fourth-order valence-corrected chi connectivity index (χ4v) is 28.3. The molecule has 12 fully saturated rings. The second-order valence-corrected chi connectivity index (χ2v) is 43.5. The van der Waals surface area contributed by atoms with Crippen LogP contribution in [0.4, 0.5) is 26.3 Å². The zero-order valence-electron chi connectivity index (χ0n) is 69.4. The van der Waals surface area contributed by atoms with Crippen molar-refractivity contribution in [3.8, 4) is 0 Å². The summed E-state index contributed by atoms with van der Waals surface area (Å²) in [7, 11) is -0.0687. The van der Waals surface area contributed by atoms with Gasteiger partial charge in [-0.1, -0.05) is 162 Å². The molecule has 2 N–H and O–H groups in total. The summed E-state index contributed by atoms with van der Waals surface area (Å²) in [5.74, 6) is -1.76. The van der Waals surface area contributed by atoms with Crippen molar-refractivity contribution in [2.75, 3.05) is 19.8 Å². The van der Waals surface area contributed by atoms with Crippen molar-refractivity contribution >= 4 is 86.7 Å². The third-order valence-corrected chi connectivity index (χ3v) is 33.0. The molecule has 9 aromatic rings. The molecule has 12 saturated carbocycles. The van der Waals surface area contributed by atoms with Crippen LogP contribution in [-0.2, 0) is 89.4 Å². The Bertz CT molecular complexity index is 4340. The Morgan fingerprint density at radius 2 is 0.504 bits per heavy atom. The van der Waals surface area contributed by atoms with Gasteiger partial charge in [-0.25, -0.2) is 14.4 Å². The monoisotopic (exact) mass is 1830 g/mol. The first-order valence-corrected chi connectivity index (χ1v) is 47.6. The quantitative estimate of drug-likeness (QED) is 0.00924. The topological polar surface area (TPSA) is 244 Å². The Balaban J connectivity index is 0.000000129. The van der Waals surface area contributed by atoms with Crippen LogP contribution in [0.3, 0.4) is 0 Å². The SMILES string of the molecule is Cc1ccc([S+](c2ccc(C)cc2)c2ccc(C)cc2)cc1.O=C(OCC12CC3CC(CC(C3)C1)C2)C(F)(F)SOO[O-].O=C(OCC12CC3CC(CC(O)(C3)C1)C2)C(F)(F)SOO[O-].O=C(OCC12CC3CC(CC(O)(C3)C1)C2)C(F)(F)SOO[O-].c1ccc([S+](c2ccccc2)c2ccccc2)cc1.c1ccc([S+](c2ccccc2)c2ccccc2)cc1. The highest BCUT2D eigenvalue weighted by Gasteiger charge is 2.61. The molecule has 17 nitrogen and oxygen atoms in total. The molecule has 666 valence electrons. The minimum absolute atomic E-state index is 0.0146. The average Bonchev–Trinajstić information content (AvgIpc) is 0.742. The van der Waals surface area contributed by atoms with E-state index >= 15 is 0 Å². The van der Waals surface area contributed by atoms with Crippen LogP contribution in [-0.4, -0.2) is 74.9 Å². The van der Waals surface area contributed by atoms with Crippen LogP contribution in [0.15, 0.2) is 299 Å². The third kappa shape index (κ3) is 25.6. The number of hydrogen-bond donors (Lipinski definition) is 2. The summed E-state index contributed by atoms with van der Waals surface area (Å²) in [5, 5.41) is 46.3. The highest BCUT2D eigenvalue weighted by molar-refractivity contribution is 7.98. The Hall–Kier alpha value is -7.37. The standard InChI is InChI=1S/C21H21S.2C18H15S.2C13H18F2O6S.C13H18F2O5S/c1-16-4-10-19(11-5-16)22(20-12-6-17(2)7-13-20)21-14-8-18(3)9-15-21;2*1-4-10-16(11-5-1)19(17-12-6-2-7-13-17)18-14-8-3-9-15-18;2*14-13(15,22-21-20-18)10(16)19-7-11-2-8-1-9(3-11)5-12(17,4-8)6-11;14-13(15,21-20-19-17)11(16)18-7-12-4-8-1-9(5-12)3-10(2-8)6-12/h4-15H,1-3H3;2*1-15H;2*8-9,17-18H,1-7H2;8-10,17H,1-7H2/q3*+1;;;/p-3. The number of carbonyl (C=O) groups excluding carboxylic acids is 3. The first-order chi connectivity index (χ1) is 60.0. The summed E-state index contributed by atoms with van der Waals surface area (Å²) >= 11 is -2.02. The molecule has 12 bridgehead atoms. The molecule has 21 rings (SSSR count). The van der Waals surface area contributed by atoms with Crippen molar-refractivity contribution in [3.63, 3.8) is 0 Å². The van der Waals surface area contributed by atoms with Gasteiger partial charge in [0.15, 0.2) is 44.1 Å². The van der Waals surface area contributed by atoms with E-state index < -0.39 is 91.8 Å². The molecule has 12 aliphatic carbocycles. The molecule has 4 atom stereocenters. The van der Waals surface area contributed by atoms with E-state index in [1.807, 2.05) is 0 Å². The molecule has 12 aliphatic rings. The maximum absolute atomic E-state index is 13.3. The van der Waals surface area contributed by atoms with Gasteiger partial charge in [0.05, 0.1) is 63.7 Å². The lowest BCUT2D eigenvalue weighted by Crippen LogP contribution is -2.57. The van der Waals surface area contributed by atoms with E-state index in [4.69, 9.17) is 14.2 Å². The minimum Gasteiger partial charge on any atom is -0.691 e. The molecule has 125 heavy (non-hydrogen) atoms. The predicted octanol–water partition coefficient (Wildman–Crippen LogP) is 20.1. The molecule has 0 aliphatic heterocycles. The molecule has 0 amide bonds. The second kappa shape index (κ2) is 42.9. The van der Waals surface area contributed by atoms with Crippen molar-refractivity contribution in [3.05, 3.63) is 271 Å². The average molecular weight is 1830 g/mol. The first kappa shape index (κ1) is 95.2. The highest BCUT2D eigenvalue weighted by Crippen LogP contribution is 2.64. The van der Waals surface area contributed by atoms with Crippen LogP contribution in [0.2, 0.25) is 0 Å². The van der Waals surface area contributed by atoms with E-state index in [-0.39, 0.29) is 57.9 Å². The Kier molecular flexibility index (Phi) is 32.7.